The quantitative estimate of drug-likeness (QED) is 0.847. The number of carbonyl (C=O) groups excluding carboxylic acids is 1. The van der Waals surface area contributed by atoms with E-state index in [0.29, 0.717) is 12.1 Å². The average Bonchev–Trinajstić information content (AvgIpc) is 3.13. The van der Waals surface area contributed by atoms with Crippen molar-refractivity contribution in [3.63, 3.8) is 0 Å². The van der Waals surface area contributed by atoms with Gasteiger partial charge in [0.25, 0.3) is 5.91 Å². The Morgan fingerprint density at radius 1 is 1.23 bits per heavy atom. The Labute approximate surface area is 153 Å². The lowest BCUT2D eigenvalue weighted by atomic mass is 10.0. The summed E-state index contributed by atoms with van der Waals surface area (Å²) in [5.41, 5.74) is 3.77. The molecule has 1 aliphatic rings. The standard InChI is InChI=1S/C21H23FN2O2/c1-3-4-15-5-7-16(8-6-15)14(2)23-21(25)20-13-19(24-26-20)17-9-11-18(22)12-10-17/h5-12,14,20H,3-4,13H2,1-2H3,(H,23,25). The molecule has 1 aliphatic heterocycles. The van der Waals surface area contributed by atoms with Crippen molar-refractivity contribution in [1.29, 1.82) is 0 Å². The molecule has 2 atom stereocenters. The first-order valence-corrected chi connectivity index (χ1v) is 8.94. The van der Waals surface area contributed by atoms with Gasteiger partial charge in [0, 0.05) is 6.42 Å². The molecule has 0 aliphatic carbocycles. The number of nitrogens with one attached hydrogen (secondary N) is 1. The number of nitrogens with zero attached hydrogens (tertiary/aromatic N) is 1. The van der Waals surface area contributed by atoms with E-state index in [0.717, 1.165) is 24.0 Å². The highest BCUT2D eigenvalue weighted by Gasteiger charge is 2.29. The van der Waals surface area contributed by atoms with Crippen molar-refractivity contribution in [1.82, 2.24) is 5.32 Å². The lowest BCUT2D eigenvalue weighted by molar-refractivity contribution is -0.131. The zero-order chi connectivity index (χ0) is 18.5. The van der Waals surface area contributed by atoms with Gasteiger partial charge in [-0.05, 0) is 42.2 Å². The van der Waals surface area contributed by atoms with Crippen molar-refractivity contribution in [2.45, 2.75) is 45.3 Å². The Balaban J connectivity index is 1.56. The van der Waals surface area contributed by atoms with Gasteiger partial charge in [0.2, 0.25) is 6.10 Å². The Kier molecular flexibility index (Phi) is 5.66. The van der Waals surface area contributed by atoms with Crippen LogP contribution in [0.15, 0.2) is 53.7 Å². The van der Waals surface area contributed by atoms with Crippen LogP contribution in [-0.2, 0) is 16.1 Å². The summed E-state index contributed by atoms with van der Waals surface area (Å²) in [6.45, 7) is 4.10. The maximum Gasteiger partial charge on any atom is 0.264 e. The SMILES string of the molecule is CCCc1ccc(C(C)NC(=O)C2CC(c3ccc(F)cc3)=NO2)cc1. The Morgan fingerprint density at radius 3 is 2.58 bits per heavy atom. The van der Waals surface area contributed by atoms with Crippen molar-refractivity contribution in [2.75, 3.05) is 0 Å². The number of hydrogen-bond acceptors (Lipinski definition) is 3. The van der Waals surface area contributed by atoms with Crippen LogP contribution in [0.2, 0.25) is 0 Å². The molecule has 0 fully saturated rings. The van der Waals surface area contributed by atoms with Crippen LogP contribution in [-0.4, -0.2) is 17.7 Å². The van der Waals surface area contributed by atoms with E-state index < -0.39 is 6.10 Å². The summed E-state index contributed by atoms with van der Waals surface area (Å²) in [5, 5.41) is 6.96. The van der Waals surface area contributed by atoms with Gasteiger partial charge < -0.3 is 10.2 Å². The number of carbonyl (C=O) groups is 1. The van der Waals surface area contributed by atoms with Crippen molar-refractivity contribution >= 4 is 11.6 Å². The Bertz CT molecular complexity index is 785. The summed E-state index contributed by atoms with van der Waals surface area (Å²) in [6.07, 6.45) is 1.89. The summed E-state index contributed by atoms with van der Waals surface area (Å²) in [7, 11) is 0. The number of halogens is 1. The molecule has 0 bridgehead atoms. The molecule has 26 heavy (non-hydrogen) atoms. The summed E-state index contributed by atoms with van der Waals surface area (Å²) in [5.74, 6) is -0.502. The minimum atomic E-state index is -0.656. The predicted molar refractivity (Wildman–Crippen MR) is 99.4 cm³/mol. The molecule has 2 unspecified atom stereocenters. The van der Waals surface area contributed by atoms with Crippen LogP contribution in [0.25, 0.3) is 0 Å². The van der Waals surface area contributed by atoms with E-state index in [1.807, 2.05) is 19.1 Å². The van der Waals surface area contributed by atoms with Crippen molar-refractivity contribution in [2.24, 2.45) is 5.16 Å². The first-order valence-electron chi connectivity index (χ1n) is 8.94. The first-order chi connectivity index (χ1) is 12.6. The maximum atomic E-state index is 13.0. The van der Waals surface area contributed by atoms with E-state index in [2.05, 4.69) is 29.5 Å². The zero-order valence-electron chi connectivity index (χ0n) is 15.0. The lowest BCUT2D eigenvalue weighted by Crippen LogP contribution is -2.36. The minimum absolute atomic E-state index is 0.114. The summed E-state index contributed by atoms with van der Waals surface area (Å²) in [6, 6.07) is 14.2. The minimum Gasteiger partial charge on any atom is -0.382 e. The van der Waals surface area contributed by atoms with Gasteiger partial charge >= 0.3 is 0 Å². The zero-order valence-corrected chi connectivity index (χ0v) is 15.0. The third-order valence-corrected chi connectivity index (χ3v) is 4.52. The molecular weight excluding hydrogens is 331 g/mol. The fourth-order valence-corrected chi connectivity index (χ4v) is 2.98. The second kappa shape index (κ2) is 8.13. The topological polar surface area (TPSA) is 50.7 Å². The highest BCUT2D eigenvalue weighted by Crippen LogP contribution is 2.19. The summed E-state index contributed by atoms with van der Waals surface area (Å²) in [4.78, 5) is 17.7. The van der Waals surface area contributed by atoms with E-state index in [1.165, 1.54) is 17.7 Å². The van der Waals surface area contributed by atoms with Gasteiger partial charge in [-0.25, -0.2) is 4.39 Å². The van der Waals surface area contributed by atoms with Crippen LogP contribution >= 0.6 is 0 Å². The fourth-order valence-electron chi connectivity index (χ4n) is 2.98. The van der Waals surface area contributed by atoms with Gasteiger partial charge in [-0.15, -0.1) is 0 Å². The smallest absolute Gasteiger partial charge is 0.264 e. The third-order valence-electron chi connectivity index (χ3n) is 4.52. The predicted octanol–water partition coefficient (Wildman–Crippen LogP) is 4.15. The van der Waals surface area contributed by atoms with Crippen LogP contribution in [0.3, 0.4) is 0 Å². The molecule has 0 aromatic heterocycles. The number of rotatable bonds is 6. The third kappa shape index (κ3) is 4.28. The largest absolute Gasteiger partial charge is 0.382 e. The van der Waals surface area contributed by atoms with E-state index in [9.17, 15) is 9.18 Å². The van der Waals surface area contributed by atoms with Crippen LogP contribution < -0.4 is 5.32 Å². The highest BCUT2D eigenvalue weighted by molar-refractivity contribution is 6.04. The van der Waals surface area contributed by atoms with Crippen LogP contribution in [0.4, 0.5) is 4.39 Å². The maximum absolute atomic E-state index is 13.0. The molecule has 2 aromatic carbocycles. The monoisotopic (exact) mass is 354 g/mol. The van der Waals surface area contributed by atoms with Gasteiger partial charge in [-0.1, -0.05) is 54.9 Å². The second-order valence-electron chi connectivity index (χ2n) is 6.56. The average molecular weight is 354 g/mol. The molecule has 2 aromatic rings. The highest BCUT2D eigenvalue weighted by atomic mass is 19.1. The molecule has 3 rings (SSSR count). The van der Waals surface area contributed by atoms with Gasteiger partial charge in [-0.2, -0.15) is 0 Å². The number of oxime groups is 1. The molecule has 136 valence electrons. The van der Waals surface area contributed by atoms with Crippen LogP contribution in [0, 0.1) is 5.82 Å². The molecule has 0 spiro atoms. The van der Waals surface area contributed by atoms with E-state index in [-0.39, 0.29) is 17.8 Å². The van der Waals surface area contributed by atoms with E-state index >= 15 is 0 Å². The summed E-state index contributed by atoms with van der Waals surface area (Å²) < 4.78 is 13.0. The molecule has 0 saturated carbocycles. The van der Waals surface area contributed by atoms with Crippen LogP contribution in [0.1, 0.15) is 49.4 Å². The van der Waals surface area contributed by atoms with E-state index in [4.69, 9.17) is 4.84 Å². The van der Waals surface area contributed by atoms with Crippen molar-refractivity contribution in [3.8, 4) is 0 Å². The molecular formula is C21H23FN2O2. The molecule has 5 heteroatoms. The normalized spacial score (nSPS) is 17.3. The first kappa shape index (κ1) is 18.1. The molecule has 4 nitrogen and oxygen atoms in total. The number of amides is 1. The van der Waals surface area contributed by atoms with Gasteiger partial charge in [0.05, 0.1) is 11.8 Å². The molecule has 1 N–H and O–H groups in total. The van der Waals surface area contributed by atoms with Gasteiger partial charge in [0.1, 0.15) is 5.82 Å². The van der Waals surface area contributed by atoms with Crippen LogP contribution in [0.5, 0.6) is 0 Å². The lowest BCUT2D eigenvalue weighted by Gasteiger charge is -2.17. The summed E-state index contributed by atoms with van der Waals surface area (Å²) >= 11 is 0. The van der Waals surface area contributed by atoms with Crippen molar-refractivity contribution < 1.29 is 14.0 Å². The molecule has 1 amide bonds. The number of aryl methyl sites for hydroxylation is 1. The van der Waals surface area contributed by atoms with Crippen molar-refractivity contribution in [3.05, 3.63) is 71.0 Å². The molecule has 0 radical (unpaired) electrons. The Hall–Kier alpha value is -2.69. The Morgan fingerprint density at radius 2 is 1.92 bits per heavy atom. The number of hydrogen-bond donors (Lipinski definition) is 1. The fraction of sp³-hybridized carbons (Fsp3) is 0.333. The molecule has 0 saturated heterocycles. The van der Waals surface area contributed by atoms with Gasteiger partial charge in [0.15, 0.2) is 0 Å². The molecule has 1 heterocycles. The van der Waals surface area contributed by atoms with E-state index in [1.54, 1.807) is 12.1 Å². The second-order valence-corrected chi connectivity index (χ2v) is 6.56. The number of benzene rings is 2. The van der Waals surface area contributed by atoms with Gasteiger partial charge in [-0.3, -0.25) is 4.79 Å².